The van der Waals surface area contributed by atoms with E-state index in [4.69, 9.17) is 9.47 Å². The summed E-state index contributed by atoms with van der Waals surface area (Å²) in [7, 11) is 2.14. The second-order valence-corrected chi connectivity index (χ2v) is 15.7. The standard InChI is InChI=1S/C41H52N2O5/c1-28-9-14-32(15-10-28)47-34(30-7-4-3-5-8-30)18-24-42(2)23-6-19-39(45)20-21-41(46)35-27-31-13-16-33(44)37-36(31)40(41,38(39)48-37)22-26-43(35)25-17-29-11-12-29/h3-5,7-10,13-16,29,34-35,38,44-46H,6,11-12,17-27H2,1-2H3/t34?,35-,38+,39+,40+,41-/m1/s1. The predicted molar refractivity (Wildman–Crippen MR) is 187 cm³/mol. The van der Waals surface area contributed by atoms with E-state index in [9.17, 15) is 15.3 Å². The minimum atomic E-state index is -1.09. The molecule has 2 heterocycles. The van der Waals surface area contributed by atoms with Crippen LogP contribution in [0.25, 0.3) is 0 Å². The van der Waals surface area contributed by atoms with Crippen molar-refractivity contribution in [1.29, 1.82) is 0 Å². The van der Waals surface area contributed by atoms with Crippen LogP contribution in [0, 0.1) is 12.8 Å². The predicted octanol–water partition coefficient (Wildman–Crippen LogP) is 6.31. The highest BCUT2D eigenvalue weighted by Gasteiger charge is 2.75. The normalized spacial score (nSPS) is 30.9. The second kappa shape index (κ2) is 12.3. The molecule has 3 aromatic rings. The average Bonchev–Trinajstić information content (AvgIpc) is 3.84. The van der Waals surface area contributed by atoms with E-state index in [0.717, 1.165) is 69.1 Å². The largest absolute Gasteiger partial charge is 0.504 e. The van der Waals surface area contributed by atoms with Gasteiger partial charge >= 0.3 is 0 Å². The fourth-order valence-corrected chi connectivity index (χ4v) is 9.86. The summed E-state index contributed by atoms with van der Waals surface area (Å²) in [6.45, 7) is 5.69. The average molecular weight is 653 g/mol. The molecular formula is C41H52N2O5. The summed E-state index contributed by atoms with van der Waals surface area (Å²) < 4.78 is 13.2. The van der Waals surface area contributed by atoms with Gasteiger partial charge in [-0.05, 0) is 114 Å². The molecule has 7 heteroatoms. The van der Waals surface area contributed by atoms with Crippen molar-refractivity contribution in [2.24, 2.45) is 5.92 Å². The number of rotatable bonds is 13. The molecule has 1 saturated heterocycles. The molecule has 3 fully saturated rings. The van der Waals surface area contributed by atoms with Gasteiger partial charge in [0.2, 0.25) is 0 Å². The topological polar surface area (TPSA) is 85.6 Å². The maximum absolute atomic E-state index is 12.8. The zero-order valence-electron chi connectivity index (χ0n) is 28.6. The first-order chi connectivity index (χ1) is 23.2. The third-order valence-corrected chi connectivity index (χ3v) is 12.7. The Morgan fingerprint density at radius 2 is 1.77 bits per heavy atom. The minimum Gasteiger partial charge on any atom is -0.504 e. The molecule has 3 aromatic carbocycles. The molecule has 3 N–H and O–H groups in total. The summed E-state index contributed by atoms with van der Waals surface area (Å²) in [4.78, 5) is 4.87. The van der Waals surface area contributed by atoms with Gasteiger partial charge in [0, 0.05) is 24.6 Å². The van der Waals surface area contributed by atoms with Crippen molar-refractivity contribution in [2.75, 3.05) is 33.2 Å². The SMILES string of the molecule is Cc1ccc(OC(CCN(C)CCC[C@]2(O)CC[C@@]3(O)[C@H]4Cc5ccc(O)c6c5[C@@]3(CCN4CCC3CC3)[C@H]2O6)c2ccccc2)cc1. The first-order valence-electron chi connectivity index (χ1n) is 18.4. The van der Waals surface area contributed by atoms with E-state index in [0.29, 0.717) is 25.0 Å². The molecule has 2 bridgehead atoms. The van der Waals surface area contributed by atoms with Crippen molar-refractivity contribution in [2.45, 2.75) is 106 Å². The van der Waals surface area contributed by atoms with Crippen molar-refractivity contribution in [1.82, 2.24) is 9.80 Å². The summed E-state index contributed by atoms with van der Waals surface area (Å²) in [5.74, 6) is 2.34. The molecule has 3 aliphatic carbocycles. The Hall–Kier alpha value is -3.10. The number of aliphatic hydroxyl groups is 2. The van der Waals surface area contributed by atoms with Gasteiger partial charge in [0.25, 0.3) is 0 Å². The first kappa shape index (κ1) is 32.1. The highest BCUT2D eigenvalue weighted by atomic mass is 16.5. The molecule has 0 aromatic heterocycles. The van der Waals surface area contributed by atoms with Crippen LogP contribution in [0.15, 0.2) is 66.7 Å². The number of hydrogen-bond acceptors (Lipinski definition) is 7. The first-order valence-corrected chi connectivity index (χ1v) is 18.4. The zero-order valence-corrected chi connectivity index (χ0v) is 28.6. The Bertz CT molecular complexity index is 1610. The van der Waals surface area contributed by atoms with Crippen LogP contribution in [0.4, 0.5) is 0 Å². The molecule has 256 valence electrons. The Morgan fingerprint density at radius 3 is 2.54 bits per heavy atom. The van der Waals surface area contributed by atoms with Gasteiger partial charge in [-0.3, -0.25) is 4.90 Å². The molecule has 7 nitrogen and oxygen atoms in total. The van der Waals surface area contributed by atoms with Gasteiger partial charge in [0.05, 0.1) is 11.0 Å². The Morgan fingerprint density at radius 1 is 0.979 bits per heavy atom. The van der Waals surface area contributed by atoms with E-state index in [-0.39, 0.29) is 17.9 Å². The monoisotopic (exact) mass is 652 g/mol. The number of phenols is 1. The van der Waals surface area contributed by atoms with Crippen LogP contribution in [-0.4, -0.2) is 81.7 Å². The maximum Gasteiger partial charge on any atom is 0.165 e. The number of hydrogen-bond donors (Lipinski definition) is 3. The number of likely N-dealkylation sites (tertiary alicyclic amines) is 1. The summed E-state index contributed by atoms with van der Waals surface area (Å²) in [6, 6.07) is 22.5. The van der Waals surface area contributed by atoms with Gasteiger partial charge in [-0.25, -0.2) is 0 Å². The highest BCUT2D eigenvalue weighted by molar-refractivity contribution is 5.63. The molecule has 0 amide bonds. The molecule has 48 heavy (non-hydrogen) atoms. The van der Waals surface area contributed by atoms with Crippen LogP contribution in [0.3, 0.4) is 0 Å². The molecule has 2 aliphatic heterocycles. The third-order valence-electron chi connectivity index (χ3n) is 12.7. The van der Waals surface area contributed by atoms with Crippen LogP contribution in [-0.2, 0) is 11.8 Å². The number of benzene rings is 3. The van der Waals surface area contributed by atoms with Gasteiger partial charge in [0.1, 0.15) is 23.6 Å². The molecule has 1 spiro atoms. The smallest absolute Gasteiger partial charge is 0.165 e. The van der Waals surface area contributed by atoms with E-state index in [1.807, 2.05) is 24.3 Å². The van der Waals surface area contributed by atoms with E-state index < -0.39 is 22.7 Å². The molecule has 6 atom stereocenters. The van der Waals surface area contributed by atoms with Crippen molar-refractivity contribution in [3.63, 3.8) is 0 Å². The lowest BCUT2D eigenvalue weighted by Gasteiger charge is -2.65. The number of piperidine rings is 1. The molecular weight excluding hydrogens is 600 g/mol. The molecule has 8 rings (SSSR count). The fourth-order valence-electron chi connectivity index (χ4n) is 9.86. The van der Waals surface area contributed by atoms with Gasteiger partial charge in [0.15, 0.2) is 11.5 Å². The van der Waals surface area contributed by atoms with Crippen LogP contribution >= 0.6 is 0 Å². The van der Waals surface area contributed by atoms with Crippen molar-refractivity contribution in [3.05, 3.63) is 89.0 Å². The molecule has 2 saturated carbocycles. The van der Waals surface area contributed by atoms with Crippen LogP contribution < -0.4 is 9.47 Å². The van der Waals surface area contributed by atoms with E-state index >= 15 is 0 Å². The van der Waals surface area contributed by atoms with Crippen molar-refractivity contribution < 1.29 is 24.8 Å². The Balaban J connectivity index is 0.957. The lowest BCUT2D eigenvalue weighted by molar-refractivity contribution is -0.236. The van der Waals surface area contributed by atoms with Crippen molar-refractivity contribution in [3.8, 4) is 17.2 Å². The summed E-state index contributed by atoms with van der Waals surface area (Å²) in [5.41, 5.74) is 1.74. The second-order valence-electron chi connectivity index (χ2n) is 15.7. The highest BCUT2D eigenvalue weighted by Crippen LogP contribution is 2.67. The lowest BCUT2D eigenvalue weighted by atomic mass is 9.46. The third kappa shape index (κ3) is 5.42. The van der Waals surface area contributed by atoms with Gasteiger partial charge in [-0.15, -0.1) is 0 Å². The molecule has 0 radical (unpaired) electrons. The summed E-state index contributed by atoms with van der Waals surface area (Å²) in [5, 5.41) is 36.3. The number of aryl methyl sites for hydroxylation is 1. The zero-order chi connectivity index (χ0) is 33.1. The van der Waals surface area contributed by atoms with Gasteiger partial charge < -0.3 is 29.7 Å². The molecule has 1 unspecified atom stereocenters. The molecule has 5 aliphatic rings. The van der Waals surface area contributed by atoms with E-state index in [1.165, 1.54) is 36.0 Å². The van der Waals surface area contributed by atoms with Gasteiger partial charge in [-0.2, -0.15) is 0 Å². The maximum atomic E-state index is 12.8. The minimum absolute atomic E-state index is 0.00876. The van der Waals surface area contributed by atoms with E-state index in [2.05, 4.69) is 60.2 Å². The van der Waals surface area contributed by atoms with Crippen molar-refractivity contribution >= 4 is 0 Å². The lowest BCUT2D eigenvalue weighted by Crippen LogP contribution is -2.79. The Kier molecular flexibility index (Phi) is 8.26. The van der Waals surface area contributed by atoms with Crippen LogP contribution in [0.1, 0.15) is 86.1 Å². The number of nitrogens with zero attached hydrogens (tertiary/aromatic N) is 2. The number of ether oxygens (including phenoxy) is 2. The quantitative estimate of drug-likeness (QED) is 0.200. The Labute approximate surface area is 285 Å². The van der Waals surface area contributed by atoms with Crippen LogP contribution in [0.5, 0.6) is 17.2 Å². The summed E-state index contributed by atoms with van der Waals surface area (Å²) in [6.07, 6.45) is 8.04. The van der Waals surface area contributed by atoms with E-state index in [1.54, 1.807) is 6.07 Å². The van der Waals surface area contributed by atoms with Crippen LogP contribution in [0.2, 0.25) is 0 Å². The van der Waals surface area contributed by atoms with Gasteiger partial charge in [-0.1, -0.05) is 66.9 Å². The summed E-state index contributed by atoms with van der Waals surface area (Å²) >= 11 is 0. The number of aromatic hydroxyl groups is 1. The number of phenolic OH excluding ortho intramolecular Hbond substituents is 1. The fraction of sp³-hybridized carbons (Fsp3) is 0.561.